The Morgan fingerprint density at radius 3 is 2.71 bits per heavy atom. The molecular formula is C10H14N2OS. The maximum Gasteiger partial charge on any atom is 0.185 e. The summed E-state index contributed by atoms with van der Waals surface area (Å²) in [5.41, 5.74) is 0. The first-order valence-corrected chi connectivity index (χ1v) is 5.81. The summed E-state index contributed by atoms with van der Waals surface area (Å²) < 4.78 is 0. The fourth-order valence-corrected chi connectivity index (χ4v) is 2.52. The van der Waals surface area contributed by atoms with E-state index < -0.39 is 0 Å². The molecular weight excluding hydrogens is 196 g/mol. The molecule has 2 rings (SSSR count). The standard InChI is InChI=1S/C10H14N2OS/c1-8(13)9-7-11-10(14-9)12-5-3-2-4-6-12/h7H,2-6H2,1H3. The van der Waals surface area contributed by atoms with E-state index in [4.69, 9.17) is 0 Å². The molecule has 0 atom stereocenters. The second kappa shape index (κ2) is 4.09. The SMILES string of the molecule is CC(=O)c1cnc(N2CCCCC2)s1. The highest BCUT2D eigenvalue weighted by Gasteiger charge is 2.15. The van der Waals surface area contributed by atoms with Crippen LogP contribution in [0.15, 0.2) is 6.20 Å². The normalized spacial score (nSPS) is 17.1. The lowest BCUT2D eigenvalue weighted by Gasteiger charge is -2.25. The Labute approximate surface area is 87.8 Å². The number of carbonyl (C=O) groups is 1. The predicted octanol–water partition coefficient (Wildman–Crippen LogP) is 2.34. The van der Waals surface area contributed by atoms with Crippen molar-refractivity contribution in [1.29, 1.82) is 0 Å². The van der Waals surface area contributed by atoms with Gasteiger partial charge in [0.15, 0.2) is 10.9 Å². The second-order valence-electron chi connectivity index (χ2n) is 3.61. The Hall–Kier alpha value is -0.900. The van der Waals surface area contributed by atoms with Crippen molar-refractivity contribution >= 4 is 22.3 Å². The third-order valence-electron chi connectivity index (χ3n) is 2.47. The highest BCUT2D eigenvalue weighted by Crippen LogP contribution is 2.25. The molecule has 1 aromatic heterocycles. The molecule has 76 valence electrons. The third kappa shape index (κ3) is 1.95. The molecule has 0 aromatic carbocycles. The zero-order chi connectivity index (χ0) is 9.97. The fraction of sp³-hybridized carbons (Fsp3) is 0.600. The van der Waals surface area contributed by atoms with E-state index in [1.54, 1.807) is 13.1 Å². The van der Waals surface area contributed by atoms with Crippen LogP contribution in [0.3, 0.4) is 0 Å². The number of hydrogen-bond acceptors (Lipinski definition) is 4. The zero-order valence-corrected chi connectivity index (χ0v) is 9.14. The van der Waals surface area contributed by atoms with Crippen LogP contribution in [-0.2, 0) is 0 Å². The van der Waals surface area contributed by atoms with E-state index in [2.05, 4.69) is 9.88 Å². The van der Waals surface area contributed by atoms with E-state index in [9.17, 15) is 4.79 Å². The van der Waals surface area contributed by atoms with Crippen LogP contribution in [0.2, 0.25) is 0 Å². The number of carbonyl (C=O) groups excluding carboxylic acids is 1. The zero-order valence-electron chi connectivity index (χ0n) is 8.32. The van der Waals surface area contributed by atoms with Gasteiger partial charge in [0, 0.05) is 20.0 Å². The summed E-state index contributed by atoms with van der Waals surface area (Å²) in [6.07, 6.45) is 5.50. The highest BCUT2D eigenvalue weighted by atomic mass is 32.1. The van der Waals surface area contributed by atoms with Crippen molar-refractivity contribution in [3.63, 3.8) is 0 Å². The van der Waals surface area contributed by atoms with Crippen LogP contribution >= 0.6 is 11.3 Å². The van der Waals surface area contributed by atoms with Gasteiger partial charge in [-0.25, -0.2) is 4.98 Å². The molecule has 14 heavy (non-hydrogen) atoms. The van der Waals surface area contributed by atoms with Crippen molar-refractivity contribution in [3.8, 4) is 0 Å². The number of hydrogen-bond donors (Lipinski definition) is 0. The van der Waals surface area contributed by atoms with Gasteiger partial charge in [-0.05, 0) is 19.3 Å². The number of ketones is 1. The maximum absolute atomic E-state index is 11.1. The van der Waals surface area contributed by atoms with Gasteiger partial charge in [0.2, 0.25) is 0 Å². The van der Waals surface area contributed by atoms with Crippen molar-refractivity contribution in [2.24, 2.45) is 0 Å². The van der Waals surface area contributed by atoms with Crippen LogP contribution in [0, 0.1) is 0 Å². The quantitative estimate of drug-likeness (QED) is 0.702. The van der Waals surface area contributed by atoms with Crippen LogP contribution < -0.4 is 4.90 Å². The van der Waals surface area contributed by atoms with Gasteiger partial charge >= 0.3 is 0 Å². The Balaban J connectivity index is 2.11. The first kappa shape index (κ1) is 9.65. The number of piperidine rings is 1. The smallest absolute Gasteiger partial charge is 0.185 e. The molecule has 1 aliphatic rings. The van der Waals surface area contributed by atoms with E-state index >= 15 is 0 Å². The van der Waals surface area contributed by atoms with Crippen molar-refractivity contribution in [3.05, 3.63) is 11.1 Å². The Morgan fingerprint density at radius 1 is 1.43 bits per heavy atom. The van der Waals surface area contributed by atoms with Gasteiger partial charge in [0.05, 0.1) is 11.1 Å². The number of thiazole rings is 1. The summed E-state index contributed by atoms with van der Waals surface area (Å²) in [6, 6.07) is 0. The number of nitrogens with zero attached hydrogens (tertiary/aromatic N) is 2. The Bertz CT molecular complexity index is 329. The van der Waals surface area contributed by atoms with Crippen LogP contribution in [0.5, 0.6) is 0 Å². The molecule has 2 heterocycles. The number of aromatic nitrogens is 1. The minimum atomic E-state index is 0.116. The van der Waals surface area contributed by atoms with Crippen molar-refractivity contribution < 1.29 is 4.79 Å². The van der Waals surface area contributed by atoms with Gasteiger partial charge in [-0.15, -0.1) is 0 Å². The van der Waals surface area contributed by atoms with Gasteiger partial charge < -0.3 is 4.90 Å². The van der Waals surface area contributed by atoms with Gasteiger partial charge in [-0.1, -0.05) is 11.3 Å². The van der Waals surface area contributed by atoms with Crippen molar-refractivity contribution in [1.82, 2.24) is 4.98 Å². The average Bonchev–Trinajstić information content (AvgIpc) is 2.68. The molecule has 0 bridgehead atoms. The van der Waals surface area contributed by atoms with Crippen LogP contribution in [0.25, 0.3) is 0 Å². The summed E-state index contributed by atoms with van der Waals surface area (Å²) in [5, 5.41) is 1.01. The lowest BCUT2D eigenvalue weighted by Crippen LogP contribution is -2.29. The molecule has 0 N–H and O–H groups in total. The third-order valence-corrected chi connectivity index (χ3v) is 3.63. The molecule has 0 unspecified atom stereocenters. The number of rotatable bonds is 2. The monoisotopic (exact) mass is 210 g/mol. The fourth-order valence-electron chi connectivity index (χ4n) is 1.66. The first-order chi connectivity index (χ1) is 6.77. The van der Waals surface area contributed by atoms with E-state index in [-0.39, 0.29) is 5.78 Å². The molecule has 0 aliphatic carbocycles. The molecule has 0 spiro atoms. The van der Waals surface area contributed by atoms with Gasteiger partial charge in [0.1, 0.15) is 0 Å². The van der Waals surface area contributed by atoms with Crippen LogP contribution in [-0.4, -0.2) is 23.9 Å². The summed E-state index contributed by atoms with van der Waals surface area (Å²) in [6.45, 7) is 3.77. The lowest BCUT2D eigenvalue weighted by molar-refractivity contribution is 0.102. The lowest BCUT2D eigenvalue weighted by atomic mass is 10.1. The summed E-state index contributed by atoms with van der Waals surface area (Å²) in [7, 11) is 0. The molecule has 0 amide bonds. The second-order valence-corrected chi connectivity index (χ2v) is 4.62. The van der Waals surface area contributed by atoms with Crippen LogP contribution in [0.1, 0.15) is 35.9 Å². The Kier molecular flexibility index (Phi) is 2.82. The molecule has 1 aliphatic heterocycles. The maximum atomic E-state index is 11.1. The molecule has 4 heteroatoms. The van der Waals surface area contributed by atoms with E-state index in [1.165, 1.54) is 30.6 Å². The molecule has 3 nitrogen and oxygen atoms in total. The van der Waals surface area contributed by atoms with Gasteiger partial charge in [-0.2, -0.15) is 0 Å². The minimum Gasteiger partial charge on any atom is -0.348 e. The van der Waals surface area contributed by atoms with E-state index in [0.29, 0.717) is 0 Å². The Morgan fingerprint density at radius 2 is 2.14 bits per heavy atom. The molecule has 1 aromatic rings. The van der Waals surface area contributed by atoms with E-state index in [0.717, 1.165) is 23.1 Å². The highest BCUT2D eigenvalue weighted by molar-refractivity contribution is 7.17. The van der Waals surface area contributed by atoms with Gasteiger partial charge in [-0.3, -0.25) is 4.79 Å². The molecule has 0 radical (unpaired) electrons. The average molecular weight is 210 g/mol. The van der Waals surface area contributed by atoms with Crippen LogP contribution in [0.4, 0.5) is 5.13 Å². The van der Waals surface area contributed by atoms with Gasteiger partial charge in [0.25, 0.3) is 0 Å². The first-order valence-electron chi connectivity index (χ1n) is 4.99. The summed E-state index contributed by atoms with van der Waals surface area (Å²) in [4.78, 5) is 18.4. The largest absolute Gasteiger partial charge is 0.348 e. The predicted molar refractivity (Wildman–Crippen MR) is 58.2 cm³/mol. The topological polar surface area (TPSA) is 33.2 Å². The number of anilines is 1. The molecule has 0 saturated carbocycles. The van der Waals surface area contributed by atoms with Crippen molar-refractivity contribution in [2.75, 3.05) is 18.0 Å². The van der Waals surface area contributed by atoms with E-state index in [1.807, 2.05) is 0 Å². The number of Topliss-reactive ketones (excluding diaryl/α,β-unsaturated/α-hetero) is 1. The summed E-state index contributed by atoms with van der Waals surface area (Å²) in [5.74, 6) is 0.116. The summed E-state index contributed by atoms with van der Waals surface area (Å²) >= 11 is 1.51. The molecule has 1 saturated heterocycles. The molecule has 1 fully saturated rings. The minimum absolute atomic E-state index is 0.116. The van der Waals surface area contributed by atoms with Crippen molar-refractivity contribution in [2.45, 2.75) is 26.2 Å².